The number of rotatable bonds is 5. The van der Waals surface area contributed by atoms with Gasteiger partial charge in [0, 0.05) is 4.90 Å². The van der Waals surface area contributed by atoms with Gasteiger partial charge in [0.2, 0.25) is 0 Å². The molecular formula is C17H21NOS. The third kappa shape index (κ3) is 3.94. The van der Waals surface area contributed by atoms with E-state index in [1.54, 1.807) is 0 Å². The maximum atomic E-state index is 12.6. The summed E-state index contributed by atoms with van der Waals surface area (Å²) < 4.78 is 20.7. The average molecular weight is 287 g/mol. The molecule has 2 rings (SSSR count). The van der Waals surface area contributed by atoms with E-state index in [1.165, 1.54) is 5.56 Å². The minimum absolute atomic E-state index is 0.275. The smallest absolute Gasteiger partial charge is 0.0768 e. The van der Waals surface area contributed by atoms with Crippen molar-refractivity contribution in [3.63, 3.8) is 0 Å². The molecule has 0 saturated carbocycles. The highest BCUT2D eigenvalue weighted by molar-refractivity contribution is 7.91. The summed E-state index contributed by atoms with van der Waals surface area (Å²) >= 11 is 0. The fourth-order valence-corrected chi connectivity index (χ4v) is 3.61. The lowest BCUT2D eigenvalue weighted by molar-refractivity contribution is 0.647. The first-order valence-electron chi connectivity index (χ1n) is 6.87. The molecule has 0 aliphatic rings. The maximum Gasteiger partial charge on any atom is 0.0768 e. The lowest BCUT2D eigenvalue weighted by atomic mass is 10.0. The second-order valence-corrected chi connectivity index (χ2v) is 7.66. The van der Waals surface area contributed by atoms with Crippen LogP contribution in [0.4, 0.5) is 0 Å². The quantitative estimate of drug-likeness (QED) is 0.864. The Hall–Kier alpha value is -1.61. The zero-order chi connectivity index (χ0) is 14.6. The highest BCUT2D eigenvalue weighted by Gasteiger charge is 2.11. The van der Waals surface area contributed by atoms with Crippen LogP contribution in [-0.2, 0) is 21.9 Å². The molecule has 3 heteroatoms. The minimum atomic E-state index is -2.76. The molecule has 0 amide bonds. The van der Waals surface area contributed by atoms with Crippen LogP contribution < -0.4 is 0 Å². The molecule has 0 saturated heterocycles. The summed E-state index contributed by atoms with van der Waals surface area (Å²) in [6.07, 6.45) is 1.01. The van der Waals surface area contributed by atoms with Crippen molar-refractivity contribution in [3.8, 4) is 0 Å². The molecule has 106 valence electrons. The molecule has 2 aromatic carbocycles. The van der Waals surface area contributed by atoms with Gasteiger partial charge in [0.15, 0.2) is 0 Å². The minimum Gasteiger partial charge on any atom is -0.249 e. The van der Waals surface area contributed by atoms with E-state index in [0.717, 1.165) is 12.0 Å². The van der Waals surface area contributed by atoms with Gasteiger partial charge in [-0.3, -0.25) is 0 Å². The van der Waals surface area contributed by atoms with Crippen molar-refractivity contribution >= 4 is 9.73 Å². The topological polar surface area (TPSA) is 40.9 Å². The molecule has 20 heavy (non-hydrogen) atoms. The summed E-state index contributed by atoms with van der Waals surface area (Å²) in [5, 5.41) is 0. The normalized spacial score (nSPS) is 14.2. The van der Waals surface area contributed by atoms with Gasteiger partial charge >= 0.3 is 0 Å². The SMILES string of the molecule is CC(C)Cc1ccc(S(=N)(=O)Cc2ccccc2)cc1. The van der Waals surface area contributed by atoms with Crippen LogP contribution in [0.1, 0.15) is 25.0 Å². The second kappa shape index (κ2) is 6.23. The largest absolute Gasteiger partial charge is 0.249 e. The summed E-state index contributed by atoms with van der Waals surface area (Å²) in [5.74, 6) is 0.878. The Kier molecular flexibility index (Phi) is 4.61. The van der Waals surface area contributed by atoms with Crippen LogP contribution in [0.2, 0.25) is 0 Å². The van der Waals surface area contributed by atoms with Gasteiger partial charge in [-0.25, -0.2) is 8.99 Å². The van der Waals surface area contributed by atoms with Crippen LogP contribution in [-0.4, -0.2) is 4.21 Å². The van der Waals surface area contributed by atoms with Gasteiger partial charge in [-0.1, -0.05) is 56.3 Å². The predicted octanol–water partition coefficient (Wildman–Crippen LogP) is 4.49. The first-order chi connectivity index (χ1) is 9.47. The lowest BCUT2D eigenvalue weighted by Crippen LogP contribution is -2.03. The molecule has 1 N–H and O–H groups in total. The van der Waals surface area contributed by atoms with Gasteiger partial charge in [-0.05, 0) is 35.6 Å². The Morgan fingerprint density at radius 1 is 0.950 bits per heavy atom. The van der Waals surface area contributed by atoms with E-state index in [-0.39, 0.29) is 5.75 Å². The maximum absolute atomic E-state index is 12.6. The van der Waals surface area contributed by atoms with E-state index in [1.807, 2.05) is 54.6 Å². The molecule has 1 atom stereocenters. The van der Waals surface area contributed by atoms with E-state index in [2.05, 4.69) is 13.8 Å². The Morgan fingerprint density at radius 2 is 1.55 bits per heavy atom. The molecule has 0 radical (unpaired) electrons. The van der Waals surface area contributed by atoms with Crippen molar-refractivity contribution < 1.29 is 4.21 Å². The van der Waals surface area contributed by atoms with Gasteiger partial charge in [-0.15, -0.1) is 0 Å². The van der Waals surface area contributed by atoms with Crippen molar-refractivity contribution in [2.75, 3.05) is 0 Å². The number of benzene rings is 2. The first kappa shape index (κ1) is 14.8. The third-order valence-corrected chi connectivity index (χ3v) is 4.93. The molecule has 0 aliphatic carbocycles. The van der Waals surface area contributed by atoms with Crippen LogP contribution in [0.25, 0.3) is 0 Å². The van der Waals surface area contributed by atoms with Gasteiger partial charge < -0.3 is 0 Å². The van der Waals surface area contributed by atoms with Crippen LogP contribution in [0, 0.1) is 10.7 Å². The summed E-state index contributed by atoms with van der Waals surface area (Å²) in [6, 6.07) is 17.3. The summed E-state index contributed by atoms with van der Waals surface area (Å²) in [4.78, 5) is 0.619. The highest BCUT2D eigenvalue weighted by Crippen LogP contribution is 2.19. The first-order valence-corrected chi connectivity index (χ1v) is 8.59. The number of nitrogens with one attached hydrogen (secondary N) is 1. The average Bonchev–Trinajstić information content (AvgIpc) is 2.39. The Bertz CT molecular complexity index is 643. The van der Waals surface area contributed by atoms with Gasteiger partial charge in [0.1, 0.15) is 0 Å². The highest BCUT2D eigenvalue weighted by atomic mass is 32.2. The molecule has 0 fully saturated rings. The van der Waals surface area contributed by atoms with E-state index in [0.29, 0.717) is 10.8 Å². The van der Waals surface area contributed by atoms with Gasteiger partial charge in [-0.2, -0.15) is 0 Å². The van der Waals surface area contributed by atoms with E-state index < -0.39 is 9.73 Å². The molecule has 0 aromatic heterocycles. The number of hydrogen-bond acceptors (Lipinski definition) is 2. The van der Waals surface area contributed by atoms with Gasteiger partial charge in [0.05, 0.1) is 15.5 Å². The van der Waals surface area contributed by atoms with Crippen molar-refractivity contribution in [1.82, 2.24) is 0 Å². The van der Waals surface area contributed by atoms with Crippen LogP contribution in [0.5, 0.6) is 0 Å². The molecule has 0 heterocycles. The van der Waals surface area contributed by atoms with Crippen molar-refractivity contribution in [2.45, 2.75) is 30.9 Å². The van der Waals surface area contributed by atoms with Crippen molar-refractivity contribution in [3.05, 3.63) is 65.7 Å². The van der Waals surface area contributed by atoms with E-state index >= 15 is 0 Å². The fourth-order valence-electron chi connectivity index (χ4n) is 2.21. The Balaban J connectivity index is 2.17. The second-order valence-electron chi connectivity index (χ2n) is 5.55. The molecule has 2 nitrogen and oxygen atoms in total. The lowest BCUT2D eigenvalue weighted by Gasteiger charge is -2.10. The van der Waals surface area contributed by atoms with Crippen LogP contribution >= 0.6 is 0 Å². The zero-order valence-corrected chi connectivity index (χ0v) is 12.8. The van der Waals surface area contributed by atoms with E-state index in [9.17, 15) is 4.21 Å². The Labute approximate surface area is 121 Å². The van der Waals surface area contributed by atoms with E-state index in [4.69, 9.17) is 4.78 Å². The molecule has 2 aromatic rings. The zero-order valence-electron chi connectivity index (χ0n) is 12.0. The summed E-state index contributed by atoms with van der Waals surface area (Å²) in [7, 11) is -2.76. The third-order valence-electron chi connectivity index (χ3n) is 3.16. The Morgan fingerprint density at radius 3 is 2.10 bits per heavy atom. The standard InChI is InChI=1S/C17H21NOS/c1-14(2)12-15-8-10-17(11-9-15)20(18,19)13-16-6-4-3-5-7-16/h3-11,14,18H,12-13H2,1-2H3. The predicted molar refractivity (Wildman–Crippen MR) is 84.3 cm³/mol. The molecule has 0 bridgehead atoms. The molecular weight excluding hydrogens is 266 g/mol. The summed E-state index contributed by atoms with van der Waals surface area (Å²) in [5.41, 5.74) is 2.18. The fraction of sp³-hybridized carbons (Fsp3) is 0.294. The molecule has 0 spiro atoms. The monoisotopic (exact) mass is 287 g/mol. The van der Waals surface area contributed by atoms with Gasteiger partial charge in [0.25, 0.3) is 0 Å². The molecule has 0 aliphatic heterocycles. The number of hydrogen-bond donors (Lipinski definition) is 1. The van der Waals surface area contributed by atoms with Crippen molar-refractivity contribution in [1.29, 1.82) is 4.78 Å². The van der Waals surface area contributed by atoms with Crippen LogP contribution in [0.15, 0.2) is 59.5 Å². The summed E-state index contributed by atoms with van der Waals surface area (Å²) in [6.45, 7) is 4.36. The molecule has 1 unspecified atom stereocenters. The van der Waals surface area contributed by atoms with Crippen molar-refractivity contribution in [2.24, 2.45) is 5.92 Å². The van der Waals surface area contributed by atoms with Crippen LogP contribution in [0.3, 0.4) is 0 Å².